The van der Waals surface area contributed by atoms with E-state index >= 15 is 0 Å². The Morgan fingerprint density at radius 2 is 1.14 bits per heavy atom. The highest BCUT2D eigenvalue weighted by atomic mass is 33.1. The number of aromatic hydroxyl groups is 2. The quantitative estimate of drug-likeness (QED) is 0.479. The molecule has 8 nitrogen and oxygen atoms in total. The third-order valence-corrected chi connectivity index (χ3v) is 4.95. The van der Waals surface area contributed by atoms with Crippen LogP contribution in [0.5, 0.6) is 11.5 Å². The van der Waals surface area contributed by atoms with Crippen LogP contribution in [0.25, 0.3) is 0 Å². The minimum absolute atomic E-state index is 0.159. The number of nitro benzene ring substituents is 2. The van der Waals surface area contributed by atoms with Gasteiger partial charge in [-0.1, -0.05) is 0 Å². The molecule has 0 atom stereocenters. The summed E-state index contributed by atoms with van der Waals surface area (Å²) in [4.78, 5) is 20.6. The highest BCUT2D eigenvalue weighted by molar-refractivity contribution is 8.76. The molecule has 0 heterocycles. The van der Waals surface area contributed by atoms with E-state index in [-0.39, 0.29) is 32.7 Å². The van der Waals surface area contributed by atoms with Crippen molar-refractivity contribution in [1.82, 2.24) is 0 Å². The molecule has 0 saturated heterocycles. The van der Waals surface area contributed by atoms with Crippen molar-refractivity contribution in [2.24, 2.45) is 0 Å². The Hall–Kier alpha value is -2.46. The predicted octanol–water partition coefficient (Wildman–Crippen LogP) is 3.71. The Balaban J connectivity index is 2.23. The SMILES string of the molecule is O=[N+]([O-])c1ccc(O)c(SSc2cc([N+](=O)[O-])ccc2O)c1. The highest BCUT2D eigenvalue weighted by Crippen LogP contribution is 2.46. The van der Waals surface area contributed by atoms with Gasteiger partial charge < -0.3 is 10.2 Å². The molecule has 0 saturated carbocycles. The topological polar surface area (TPSA) is 127 Å². The highest BCUT2D eigenvalue weighted by Gasteiger charge is 2.15. The largest absolute Gasteiger partial charge is 0.507 e. The van der Waals surface area contributed by atoms with E-state index < -0.39 is 9.85 Å². The first-order chi connectivity index (χ1) is 10.4. The third-order valence-electron chi connectivity index (χ3n) is 2.53. The van der Waals surface area contributed by atoms with Gasteiger partial charge in [-0.15, -0.1) is 0 Å². The van der Waals surface area contributed by atoms with Crippen molar-refractivity contribution < 1.29 is 20.1 Å². The zero-order valence-corrected chi connectivity index (χ0v) is 12.3. The van der Waals surface area contributed by atoms with Crippen molar-refractivity contribution in [1.29, 1.82) is 0 Å². The number of phenols is 2. The summed E-state index contributed by atoms with van der Waals surface area (Å²) >= 11 is 0. The van der Waals surface area contributed by atoms with E-state index in [0.717, 1.165) is 33.7 Å². The summed E-state index contributed by atoms with van der Waals surface area (Å²) in [7, 11) is 1.89. The maximum Gasteiger partial charge on any atom is 0.270 e. The minimum Gasteiger partial charge on any atom is -0.507 e. The summed E-state index contributed by atoms with van der Waals surface area (Å²) in [5.74, 6) is -0.318. The predicted molar refractivity (Wildman–Crippen MR) is 81.2 cm³/mol. The van der Waals surface area contributed by atoms with Gasteiger partial charge in [0.05, 0.1) is 19.6 Å². The van der Waals surface area contributed by atoms with Crippen molar-refractivity contribution in [2.45, 2.75) is 9.79 Å². The monoisotopic (exact) mass is 340 g/mol. The van der Waals surface area contributed by atoms with Crippen molar-refractivity contribution in [3.63, 3.8) is 0 Å². The van der Waals surface area contributed by atoms with E-state index in [9.17, 15) is 30.4 Å². The van der Waals surface area contributed by atoms with Crippen LogP contribution in [0.2, 0.25) is 0 Å². The lowest BCUT2D eigenvalue weighted by molar-refractivity contribution is -0.385. The van der Waals surface area contributed by atoms with Crippen LogP contribution in [0, 0.1) is 20.2 Å². The summed E-state index contributed by atoms with van der Waals surface area (Å²) in [6, 6.07) is 7.06. The molecule has 0 radical (unpaired) electrons. The maximum atomic E-state index is 10.7. The van der Waals surface area contributed by atoms with Crippen LogP contribution in [0.4, 0.5) is 11.4 Å². The van der Waals surface area contributed by atoms with Crippen LogP contribution in [0.3, 0.4) is 0 Å². The second-order valence-electron chi connectivity index (χ2n) is 3.98. The van der Waals surface area contributed by atoms with Crippen LogP contribution in [0.1, 0.15) is 0 Å². The Kier molecular flexibility index (Phi) is 4.73. The van der Waals surface area contributed by atoms with Crippen LogP contribution in [-0.2, 0) is 0 Å². The number of rotatable bonds is 5. The molecule has 0 aromatic heterocycles. The normalized spacial score (nSPS) is 10.4. The molecule has 0 aliphatic rings. The van der Waals surface area contributed by atoms with Crippen molar-refractivity contribution in [2.75, 3.05) is 0 Å². The van der Waals surface area contributed by atoms with Gasteiger partial charge in [-0.05, 0) is 33.7 Å². The van der Waals surface area contributed by atoms with Crippen molar-refractivity contribution in [3.8, 4) is 11.5 Å². The molecule has 0 aliphatic carbocycles. The molecule has 22 heavy (non-hydrogen) atoms. The molecular formula is C12H8N2O6S2. The first-order valence-electron chi connectivity index (χ1n) is 5.68. The first-order valence-corrected chi connectivity index (χ1v) is 7.83. The van der Waals surface area contributed by atoms with Crippen molar-refractivity contribution in [3.05, 3.63) is 56.6 Å². The van der Waals surface area contributed by atoms with Gasteiger partial charge in [-0.25, -0.2) is 0 Å². The van der Waals surface area contributed by atoms with E-state index in [2.05, 4.69) is 0 Å². The molecule has 10 heteroatoms. The van der Waals surface area contributed by atoms with Gasteiger partial charge in [0.25, 0.3) is 11.4 Å². The molecule has 2 aromatic carbocycles. The van der Waals surface area contributed by atoms with Gasteiger partial charge in [-0.2, -0.15) is 0 Å². The van der Waals surface area contributed by atoms with Gasteiger partial charge in [-0.3, -0.25) is 20.2 Å². The van der Waals surface area contributed by atoms with Crippen LogP contribution in [-0.4, -0.2) is 20.1 Å². The molecule has 0 aliphatic heterocycles. The second-order valence-corrected chi connectivity index (χ2v) is 6.20. The minimum atomic E-state index is -0.598. The summed E-state index contributed by atoms with van der Waals surface area (Å²) in [6.45, 7) is 0. The molecule has 2 N–H and O–H groups in total. The molecule has 2 aromatic rings. The van der Waals surface area contributed by atoms with Gasteiger partial charge >= 0.3 is 0 Å². The smallest absolute Gasteiger partial charge is 0.270 e. The van der Waals surface area contributed by atoms with Gasteiger partial charge in [0.2, 0.25) is 0 Å². The van der Waals surface area contributed by atoms with Crippen molar-refractivity contribution >= 4 is 33.0 Å². The molecule has 2 rings (SSSR count). The fraction of sp³-hybridized carbons (Fsp3) is 0. The second kappa shape index (κ2) is 6.54. The third kappa shape index (κ3) is 3.59. The fourth-order valence-corrected chi connectivity index (χ4v) is 3.62. The first kappa shape index (κ1) is 15.9. The van der Waals surface area contributed by atoms with Crippen LogP contribution >= 0.6 is 21.6 Å². The van der Waals surface area contributed by atoms with Gasteiger partial charge in [0.15, 0.2) is 0 Å². The standard InChI is InChI=1S/C12H8N2O6S2/c15-9-3-1-7(13(17)18)5-11(9)21-22-12-6-8(14(19)20)2-4-10(12)16/h1-6,15-16H. The summed E-state index contributed by atoms with van der Waals surface area (Å²) < 4.78 is 0. The molecule has 0 bridgehead atoms. The molecule has 0 spiro atoms. The van der Waals surface area contributed by atoms with Gasteiger partial charge in [0, 0.05) is 24.3 Å². The van der Waals surface area contributed by atoms with Crippen LogP contribution in [0.15, 0.2) is 46.2 Å². The number of hydrogen-bond acceptors (Lipinski definition) is 8. The van der Waals surface area contributed by atoms with E-state index in [4.69, 9.17) is 0 Å². The molecule has 0 unspecified atom stereocenters. The average molecular weight is 340 g/mol. The van der Waals surface area contributed by atoms with Gasteiger partial charge in [0.1, 0.15) is 11.5 Å². The van der Waals surface area contributed by atoms with E-state index in [1.54, 1.807) is 0 Å². The molecule has 0 fully saturated rings. The summed E-state index contributed by atoms with van der Waals surface area (Å²) in [6.07, 6.45) is 0. The molecule has 114 valence electrons. The number of nitro groups is 2. The number of phenolic OH excluding ortho intramolecular Hbond substituents is 2. The lowest BCUT2D eigenvalue weighted by Crippen LogP contribution is -1.88. The lowest BCUT2D eigenvalue weighted by Gasteiger charge is -2.05. The fourth-order valence-electron chi connectivity index (χ4n) is 1.46. The van der Waals surface area contributed by atoms with E-state index in [0.29, 0.717) is 0 Å². The Labute approximate surface area is 131 Å². The zero-order chi connectivity index (χ0) is 16.3. The summed E-state index contributed by atoms with van der Waals surface area (Å²) in [5, 5.41) is 40.8. The molecular weight excluding hydrogens is 332 g/mol. The Morgan fingerprint density at radius 3 is 1.45 bits per heavy atom. The zero-order valence-electron chi connectivity index (χ0n) is 10.7. The average Bonchev–Trinajstić information content (AvgIpc) is 2.47. The lowest BCUT2D eigenvalue weighted by atomic mass is 10.3. The van der Waals surface area contributed by atoms with E-state index in [1.807, 2.05) is 0 Å². The number of non-ortho nitro benzene ring substituents is 2. The number of benzene rings is 2. The number of nitrogens with zero attached hydrogens (tertiary/aromatic N) is 2. The maximum absolute atomic E-state index is 10.7. The number of hydrogen-bond donors (Lipinski definition) is 2. The van der Waals surface area contributed by atoms with Crippen LogP contribution < -0.4 is 0 Å². The van der Waals surface area contributed by atoms with E-state index in [1.165, 1.54) is 24.3 Å². The summed E-state index contributed by atoms with van der Waals surface area (Å²) in [5.41, 5.74) is -0.381. The Bertz CT molecular complexity index is 689. The Morgan fingerprint density at radius 1 is 0.773 bits per heavy atom. The molecule has 0 amide bonds.